The summed E-state index contributed by atoms with van der Waals surface area (Å²) in [6.45, 7) is 6.19. The van der Waals surface area contributed by atoms with Gasteiger partial charge in [-0.05, 0) is 49.6 Å². The van der Waals surface area contributed by atoms with Gasteiger partial charge in [0.25, 0.3) is 0 Å². The predicted molar refractivity (Wildman–Crippen MR) is 85.4 cm³/mol. The van der Waals surface area contributed by atoms with Crippen LogP contribution in [0.15, 0.2) is 42.6 Å². The van der Waals surface area contributed by atoms with Crippen molar-refractivity contribution in [3.63, 3.8) is 0 Å². The number of aliphatic hydroxyl groups is 1. The quantitative estimate of drug-likeness (QED) is 0.785. The maximum Gasteiger partial charge on any atom is 0.137 e. The fraction of sp³-hybridized carbons (Fsp3) is 0.278. The van der Waals surface area contributed by atoms with Crippen molar-refractivity contribution < 1.29 is 5.11 Å². The van der Waals surface area contributed by atoms with Gasteiger partial charge in [-0.25, -0.2) is 4.98 Å². The number of nitrogens with zero attached hydrogens (tertiary/aromatic N) is 2. The van der Waals surface area contributed by atoms with Gasteiger partial charge in [0.15, 0.2) is 0 Å². The third kappa shape index (κ3) is 2.34. The summed E-state index contributed by atoms with van der Waals surface area (Å²) in [5, 5.41) is 10.4. The Hall–Kier alpha value is -2.13. The lowest BCUT2D eigenvalue weighted by molar-refractivity contribution is 0.168. The highest BCUT2D eigenvalue weighted by Crippen LogP contribution is 2.31. The van der Waals surface area contributed by atoms with Crippen LogP contribution in [-0.4, -0.2) is 14.5 Å². The van der Waals surface area contributed by atoms with Crippen LogP contribution in [0.5, 0.6) is 0 Å². The molecule has 3 heteroatoms. The van der Waals surface area contributed by atoms with Gasteiger partial charge in [0.05, 0.1) is 17.5 Å². The molecular formula is C18H20N2O. The molecule has 3 rings (SSSR count). The minimum atomic E-state index is -0.515. The molecule has 3 aromatic rings. The highest BCUT2D eigenvalue weighted by Gasteiger charge is 2.19. The number of aliphatic hydroxyl groups excluding tert-OH is 1. The van der Waals surface area contributed by atoms with Gasteiger partial charge in [-0.2, -0.15) is 0 Å². The lowest BCUT2D eigenvalue weighted by atomic mass is 10.0. The van der Waals surface area contributed by atoms with E-state index in [0.717, 1.165) is 22.6 Å². The van der Waals surface area contributed by atoms with Crippen LogP contribution in [0, 0.1) is 13.8 Å². The third-order valence-electron chi connectivity index (χ3n) is 4.05. The minimum Gasteiger partial charge on any atom is -0.387 e. The Balaban J connectivity index is 2.28. The van der Waals surface area contributed by atoms with Crippen LogP contribution < -0.4 is 0 Å². The number of aryl methyl sites for hydroxylation is 2. The Morgan fingerprint density at radius 3 is 2.67 bits per heavy atom. The van der Waals surface area contributed by atoms with Crippen molar-refractivity contribution in [2.24, 2.45) is 0 Å². The molecule has 3 nitrogen and oxygen atoms in total. The van der Waals surface area contributed by atoms with Crippen molar-refractivity contribution in [1.82, 2.24) is 9.38 Å². The lowest BCUT2D eigenvalue weighted by Gasteiger charge is -2.11. The smallest absolute Gasteiger partial charge is 0.137 e. The maximum atomic E-state index is 10.4. The molecule has 0 aliphatic rings. The van der Waals surface area contributed by atoms with E-state index >= 15 is 0 Å². The molecule has 0 saturated heterocycles. The van der Waals surface area contributed by atoms with Crippen molar-refractivity contribution in [1.29, 1.82) is 0 Å². The van der Waals surface area contributed by atoms with Crippen LogP contribution >= 0.6 is 0 Å². The predicted octanol–water partition coefficient (Wildman–Crippen LogP) is 4.06. The Morgan fingerprint density at radius 1 is 1.14 bits per heavy atom. The first kappa shape index (κ1) is 13.8. The topological polar surface area (TPSA) is 37.5 Å². The largest absolute Gasteiger partial charge is 0.387 e. The van der Waals surface area contributed by atoms with Gasteiger partial charge in [0.1, 0.15) is 5.65 Å². The Morgan fingerprint density at radius 2 is 1.95 bits per heavy atom. The summed E-state index contributed by atoms with van der Waals surface area (Å²) in [4.78, 5) is 4.73. The van der Waals surface area contributed by atoms with Gasteiger partial charge in [-0.15, -0.1) is 0 Å². The molecule has 1 aromatic carbocycles. The number of hydrogen-bond acceptors (Lipinski definition) is 2. The number of imidazole rings is 1. The lowest BCUT2D eigenvalue weighted by Crippen LogP contribution is -2.02. The Bertz CT molecular complexity index is 789. The van der Waals surface area contributed by atoms with Gasteiger partial charge >= 0.3 is 0 Å². The zero-order chi connectivity index (χ0) is 15.0. The van der Waals surface area contributed by atoms with Crippen LogP contribution in [0.3, 0.4) is 0 Å². The Labute approximate surface area is 124 Å². The van der Waals surface area contributed by atoms with E-state index in [9.17, 15) is 5.11 Å². The van der Waals surface area contributed by atoms with Crippen molar-refractivity contribution in [3.8, 4) is 11.3 Å². The van der Waals surface area contributed by atoms with Crippen LogP contribution in [0.2, 0.25) is 0 Å². The van der Waals surface area contributed by atoms with E-state index in [1.807, 2.05) is 35.7 Å². The molecule has 0 saturated carbocycles. The SMILES string of the molecule is CCC(O)c1c(-c2ccc(C)c(C)c2)nc2ccccn12. The standard InChI is InChI=1S/C18H20N2O/c1-4-15(21)18-17(14-9-8-12(2)13(3)11-14)19-16-7-5-6-10-20(16)18/h5-11,15,21H,4H2,1-3H3. The van der Waals surface area contributed by atoms with Gasteiger partial charge in [0, 0.05) is 11.8 Å². The molecule has 0 spiro atoms. The summed E-state index contributed by atoms with van der Waals surface area (Å²) in [7, 11) is 0. The number of rotatable bonds is 3. The van der Waals surface area contributed by atoms with Gasteiger partial charge in [-0.3, -0.25) is 0 Å². The minimum absolute atomic E-state index is 0.515. The molecule has 0 aliphatic carbocycles. The second kappa shape index (κ2) is 5.34. The molecule has 2 aromatic heterocycles. The van der Waals surface area contributed by atoms with Crippen LogP contribution in [0.1, 0.15) is 36.3 Å². The van der Waals surface area contributed by atoms with E-state index in [2.05, 4.69) is 32.0 Å². The zero-order valence-corrected chi connectivity index (χ0v) is 12.7. The molecule has 1 N–H and O–H groups in total. The molecule has 0 radical (unpaired) electrons. The number of aromatic nitrogens is 2. The van der Waals surface area contributed by atoms with Crippen LogP contribution in [0.4, 0.5) is 0 Å². The monoisotopic (exact) mass is 280 g/mol. The fourth-order valence-corrected chi connectivity index (χ4v) is 2.63. The van der Waals surface area contributed by atoms with Gasteiger partial charge in [-0.1, -0.05) is 25.1 Å². The van der Waals surface area contributed by atoms with E-state index < -0.39 is 6.10 Å². The molecule has 0 amide bonds. The highest BCUT2D eigenvalue weighted by atomic mass is 16.3. The summed E-state index contributed by atoms with van der Waals surface area (Å²) >= 11 is 0. The van der Waals surface area contributed by atoms with E-state index in [1.165, 1.54) is 11.1 Å². The van der Waals surface area contributed by atoms with E-state index in [0.29, 0.717) is 6.42 Å². The summed E-state index contributed by atoms with van der Waals surface area (Å²) in [5.41, 5.74) is 6.18. The summed E-state index contributed by atoms with van der Waals surface area (Å²) < 4.78 is 1.98. The molecule has 0 bridgehead atoms. The molecule has 21 heavy (non-hydrogen) atoms. The molecule has 1 atom stereocenters. The first-order valence-corrected chi connectivity index (χ1v) is 7.34. The summed E-state index contributed by atoms with van der Waals surface area (Å²) in [6.07, 6.45) is 2.11. The van der Waals surface area contributed by atoms with Crippen molar-refractivity contribution >= 4 is 5.65 Å². The van der Waals surface area contributed by atoms with Crippen molar-refractivity contribution in [3.05, 3.63) is 59.4 Å². The van der Waals surface area contributed by atoms with E-state index in [1.54, 1.807) is 0 Å². The van der Waals surface area contributed by atoms with E-state index in [4.69, 9.17) is 4.98 Å². The van der Waals surface area contributed by atoms with Gasteiger partial charge in [0.2, 0.25) is 0 Å². The number of fused-ring (bicyclic) bond motifs is 1. The molecule has 0 aliphatic heterocycles. The molecule has 108 valence electrons. The molecule has 1 unspecified atom stereocenters. The number of benzene rings is 1. The molecule has 2 heterocycles. The first-order valence-electron chi connectivity index (χ1n) is 7.34. The first-order chi connectivity index (χ1) is 10.1. The normalized spacial score (nSPS) is 12.8. The molecular weight excluding hydrogens is 260 g/mol. The molecule has 0 fully saturated rings. The van der Waals surface area contributed by atoms with E-state index in [-0.39, 0.29) is 0 Å². The average Bonchev–Trinajstić information content (AvgIpc) is 2.88. The second-order valence-corrected chi connectivity index (χ2v) is 5.50. The van der Waals surface area contributed by atoms with Crippen LogP contribution in [0.25, 0.3) is 16.9 Å². The van der Waals surface area contributed by atoms with Gasteiger partial charge < -0.3 is 9.51 Å². The average molecular weight is 280 g/mol. The van der Waals surface area contributed by atoms with Crippen LogP contribution in [-0.2, 0) is 0 Å². The summed E-state index contributed by atoms with van der Waals surface area (Å²) in [6, 6.07) is 12.2. The number of pyridine rings is 1. The highest BCUT2D eigenvalue weighted by molar-refractivity contribution is 5.68. The third-order valence-corrected chi connectivity index (χ3v) is 4.05. The zero-order valence-electron chi connectivity index (χ0n) is 12.7. The van der Waals surface area contributed by atoms with Crippen molar-refractivity contribution in [2.45, 2.75) is 33.3 Å². The second-order valence-electron chi connectivity index (χ2n) is 5.50. The summed E-state index contributed by atoms with van der Waals surface area (Å²) in [5.74, 6) is 0. The fourth-order valence-electron chi connectivity index (χ4n) is 2.63. The van der Waals surface area contributed by atoms with Crippen molar-refractivity contribution in [2.75, 3.05) is 0 Å². The number of hydrogen-bond donors (Lipinski definition) is 1. The maximum absolute atomic E-state index is 10.4. The Kier molecular flexibility index (Phi) is 3.52.